The number of thiophene rings is 1. The molecule has 1 N–H and O–H groups in total. The highest BCUT2D eigenvalue weighted by Crippen LogP contribution is 2.69. The van der Waals surface area contributed by atoms with Crippen LogP contribution < -0.4 is 0 Å². The van der Waals surface area contributed by atoms with Crippen molar-refractivity contribution in [2.24, 2.45) is 0 Å². The van der Waals surface area contributed by atoms with Crippen LogP contribution in [0.3, 0.4) is 0 Å². The fourth-order valence-corrected chi connectivity index (χ4v) is 3.92. The number of halogens is 3. The van der Waals surface area contributed by atoms with Crippen LogP contribution in [0, 0.1) is 0 Å². The summed E-state index contributed by atoms with van der Waals surface area (Å²) in [6.07, 6.45) is 0. The summed E-state index contributed by atoms with van der Waals surface area (Å²) in [5.74, 6) is -7.60. The van der Waals surface area contributed by atoms with Crippen molar-refractivity contribution < 1.29 is 18.9 Å². The minimum Gasteiger partial charge on any atom is -0.477 e. The van der Waals surface area contributed by atoms with E-state index in [0.717, 1.165) is 11.3 Å². The number of hydrogen-bond donors (Lipinski definition) is 1. The number of hydrogen-bond acceptors (Lipinski definition) is 3. The molecule has 8 heteroatoms. The molecule has 0 saturated carbocycles. The van der Waals surface area contributed by atoms with Gasteiger partial charge in [0.05, 0.1) is 0 Å². The van der Waals surface area contributed by atoms with Crippen LogP contribution in [-0.2, 0) is 4.57 Å². The van der Waals surface area contributed by atoms with Gasteiger partial charge in [-0.15, -0.1) is 11.3 Å². The fraction of sp³-hybridized carbons (Fsp3) is 0.100. The topological polar surface area (TPSA) is 54.4 Å². The maximum absolute atomic E-state index is 14.0. The Morgan fingerprint density at radius 1 is 1.39 bits per heavy atom. The second kappa shape index (κ2) is 4.82. The molecule has 0 aliphatic carbocycles. The minimum atomic E-state index is -4.10. The van der Waals surface area contributed by atoms with Crippen LogP contribution in [0.1, 0.15) is 21.1 Å². The predicted octanol–water partition coefficient (Wildman–Crippen LogP) is 5.24. The molecule has 0 bridgehead atoms. The first-order chi connectivity index (χ1) is 8.32. The van der Waals surface area contributed by atoms with Gasteiger partial charge in [0.1, 0.15) is 4.88 Å². The van der Waals surface area contributed by atoms with Gasteiger partial charge in [-0.05, 0) is 28.5 Å². The third-order valence-electron chi connectivity index (χ3n) is 2.33. The van der Waals surface area contributed by atoms with Gasteiger partial charge in [0.15, 0.2) is 0 Å². The normalized spacial score (nSPS) is 13.7. The Morgan fingerprint density at radius 2 is 2.00 bits per heavy atom. The Kier molecular flexibility index (Phi) is 3.70. The SMILES string of the molecule is O=C(O)c1sc2ccccc2c1C(F)P(=O)(Cl)Cl. The maximum atomic E-state index is 14.0. The second-order valence-corrected chi connectivity index (χ2v) is 9.53. The average Bonchev–Trinajstić information content (AvgIpc) is 2.65. The second-order valence-electron chi connectivity index (χ2n) is 3.48. The van der Waals surface area contributed by atoms with E-state index in [2.05, 4.69) is 0 Å². The van der Waals surface area contributed by atoms with E-state index in [4.69, 9.17) is 27.6 Å². The molecule has 1 aromatic carbocycles. The van der Waals surface area contributed by atoms with E-state index in [1.807, 2.05) is 0 Å². The number of carbonyl (C=O) groups is 1. The smallest absolute Gasteiger partial charge is 0.346 e. The molecule has 1 aromatic heterocycles. The summed E-state index contributed by atoms with van der Waals surface area (Å²) in [6, 6.07) is 6.52. The van der Waals surface area contributed by atoms with Gasteiger partial charge in [0.2, 0.25) is 5.91 Å². The van der Waals surface area contributed by atoms with Crippen molar-refractivity contribution in [3.63, 3.8) is 0 Å². The van der Waals surface area contributed by atoms with Gasteiger partial charge >= 0.3 is 5.97 Å². The molecule has 0 aliphatic heterocycles. The molecule has 2 aromatic rings. The van der Waals surface area contributed by atoms with E-state index in [1.165, 1.54) is 0 Å². The summed E-state index contributed by atoms with van der Waals surface area (Å²) < 4.78 is 26.0. The lowest BCUT2D eigenvalue weighted by atomic mass is 10.1. The zero-order chi connectivity index (χ0) is 13.5. The molecule has 2 rings (SSSR count). The van der Waals surface area contributed by atoms with E-state index in [9.17, 15) is 13.8 Å². The number of fused-ring (bicyclic) bond motifs is 1. The largest absolute Gasteiger partial charge is 0.477 e. The molecule has 0 fully saturated rings. The number of benzene rings is 1. The van der Waals surface area contributed by atoms with Crippen LogP contribution in [0.2, 0.25) is 0 Å². The van der Waals surface area contributed by atoms with Crippen molar-refractivity contribution in [2.45, 2.75) is 5.91 Å². The monoisotopic (exact) mass is 326 g/mol. The van der Waals surface area contributed by atoms with Crippen molar-refractivity contribution in [2.75, 3.05) is 0 Å². The molecule has 96 valence electrons. The highest BCUT2D eigenvalue weighted by molar-refractivity contribution is 8.08. The summed E-state index contributed by atoms with van der Waals surface area (Å²) >= 11 is 11.5. The molecule has 1 unspecified atom stereocenters. The first kappa shape index (κ1) is 13.8. The lowest BCUT2D eigenvalue weighted by Crippen LogP contribution is -1.99. The average molecular weight is 327 g/mol. The van der Waals surface area contributed by atoms with E-state index >= 15 is 0 Å². The standard InChI is InChI=1S/C10H6Cl2FO3PS/c11-17(12,16)9(13)7-5-3-1-2-4-6(5)18-8(7)10(14)15/h1-4,9H,(H,14,15). The number of aromatic carboxylic acids is 1. The zero-order valence-corrected chi connectivity index (χ0v) is 11.9. The van der Waals surface area contributed by atoms with Gasteiger partial charge in [-0.3, -0.25) is 4.57 Å². The summed E-state index contributed by atoms with van der Waals surface area (Å²) in [5, 5.41) is 9.42. The zero-order valence-electron chi connectivity index (χ0n) is 8.64. The van der Waals surface area contributed by atoms with Crippen LogP contribution >= 0.6 is 39.7 Å². The van der Waals surface area contributed by atoms with Crippen LogP contribution in [0.25, 0.3) is 10.1 Å². The highest BCUT2D eigenvalue weighted by Gasteiger charge is 2.36. The van der Waals surface area contributed by atoms with E-state index in [-0.39, 0.29) is 10.4 Å². The lowest BCUT2D eigenvalue weighted by Gasteiger charge is -2.09. The van der Waals surface area contributed by atoms with Crippen LogP contribution in [0.15, 0.2) is 24.3 Å². The van der Waals surface area contributed by atoms with E-state index in [0.29, 0.717) is 10.1 Å². The number of carboxylic acids is 1. The Balaban J connectivity index is 2.77. The Morgan fingerprint density at radius 3 is 2.56 bits per heavy atom. The predicted molar refractivity (Wildman–Crippen MR) is 71.9 cm³/mol. The van der Waals surface area contributed by atoms with Crippen molar-refractivity contribution in [1.82, 2.24) is 0 Å². The first-order valence-corrected chi connectivity index (χ1v) is 9.10. The maximum Gasteiger partial charge on any atom is 0.346 e. The molecule has 18 heavy (non-hydrogen) atoms. The molecule has 0 radical (unpaired) electrons. The first-order valence-electron chi connectivity index (χ1n) is 4.70. The van der Waals surface area contributed by atoms with Crippen molar-refractivity contribution in [1.29, 1.82) is 0 Å². The summed E-state index contributed by atoms with van der Waals surface area (Å²) in [4.78, 5) is 10.9. The summed E-state index contributed by atoms with van der Waals surface area (Å²) in [5.41, 5.74) is -0.212. The quantitative estimate of drug-likeness (QED) is 0.785. The Bertz CT molecular complexity index is 666. The van der Waals surface area contributed by atoms with Gasteiger partial charge in [0, 0.05) is 15.6 Å². The molecule has 0 amide bonds. The van der Waals surface area contributed by atoms with Gasteiger partial charge in [-0.2, -0.15) is 0 Å². The van der Waals surface area contributed by atoms with E-state index in [1.54, 1.807) is 24.3 Å². The van der Waals surface area contributed by atoms with Gasteiger partial charge in [-0.1, -0.05) is 18.2 Å². The van der Waals surface area contributed by atoms with Crippen molar-refractivity contribution >= 4 is 55.7 Å². The summed E-state index contributed by atoms with van der Waals surface area (Å²) in [7, 11) is 0. The minimum absolute atomic E-state index is 0.212. The molecule has 3 nitrogen and oxygen atoms in total. The third kappa shape index (κ3) is 2.41. The summed E-state index contributed by atoms with van der Waals surface area (Å²) in [6.45, 7) is 0. The van der Waals surface area contributed by atoms with Gasteiger partial charge in [-0.25, -0.2) is 9.18 Å². The van der Waals surface area contributed by atoms with E-state index < -0.39 is 17.7 Å². The molecular formula is C10H6Cl2FO3PS. The van der Waals surface area contributed by atoms with Crippen LogP contribution in [-0.4, -0.2) is 11.1 Å². The van der Waals surface area contributed by atoms with Crippen LogP contribution in [0.5, 0.6) is 0 Å². The van der Waals surface area contributed by atoms with Crippen LogP contribution in [0.4, 0.5) is 4.39 Å². The lowest BCUT2D eigenvalue weighted by molar-refractivity contribution is 0.0700. The molecular weight excluding hydrogens is 321 g/mol. The third-order valence-corrected chi connectivity index (χ3v) is 5.32. The highest BCUT2D eigenvalue weighted by atomic mass is 35.9. The van der Waals surface area contributed by atoms with Gasteiger partial charge in [0.25, 0.3) is 5.85 Å². The molecule has 0 saturated heterocycles. The number of carboxylic acid groups (broad SMARTS) is 1. The molecule has 0 spiro atoms. The molecule has 1 atom stereocenters. The Hall–Kier alpha value is -0.610. The number of rotatable bonds is 3. The number of alkyl halides is 1. The van der Waals surface area contributed by atoms with Crippen molar-refractivity contribution in [3.8, 4) is 0 Å². The van der Waals surface area contributed by atoms with Crippen molar-refractivity contribution in [3.05, 3.63) is 34.7 Å². The van der Waals surface area contributed by atoms with Gasteiger partial charge < -0.3 is 5.11 Å². The fourth-order valence-electron chi connectivity index (χ4n) is 1.61. The molecule has 0 aliphatic rings. The Labute approximate surface area is 115 Å². The molecule has 1 heterocycles.